The molecule has 5 nitrogen and oxygen atoms in total. The highest BCUT2D eigenvalue weighted by Crippen LogP contribution is 2.16. The summed E-state index contributed by atoms with van der Waals surface area (Å²) in [6.07, 6.45) is 2.32. The van der Waals surface area contributed by atoms with Crippen molar-refractivity contribution in [2.75, 3.05) is 26.8 Å². The predicted molar refractivity (Wildman–Crippen MR) is 78.8 cm³/mol. The maximum atomic E-state index is 8.63. The molecule has 0 amide bonds. The molecule has 1 aliphatic heterocycles. The Bertz CT molecular complexity index is 439. The number of nitrogens with two attached hydrogens (primary N) is 1. The maximum absolute atomic E-state index is 8.63. The van der Waals surface area contributed by atoms with Crippen molar-refractivity contribution in [3.05, 3.63) is 35.4 Å². The summed E-state index contributed by atoms with van der Waals surface area (Å²) in [7, 11) is 2.15. The molecule has 0 unspecified atom stereocenters. The average Bonchev–Trinajstić information content (AvgIpc) is 2.48. The number of rotatable bonds is 5. The van der Waals surface area contributed by atoms with Crippen molar-refractivity contribution in [1.82, 2.24) is 4.90 Å². The van der Waals surface area contributed by atoms with Crippen LogP contribution in [0.4, 0.5) is 0 Å². The van der Waals surface area contributed by atoms with E-state index in [1.54, 1.807) is 0 Å². The van der Waals surface area contributed by atoms with Gasteiger partial charge in [0.05, 0.1) is 0 Å². The van der Waals surface area contributed by atoms with E-state index >= 15 is 0 Å². The van der Waals surface area contributed by atoms with Gasteiger partial charge in [-0.3, -0.25) is 0 Å². The lowest BCUT2D eigenvalue weighted by Crippen LogP contribution is -2.29. The van der Waals surface area contributed by atoms with Crippen LogP contribution in [-0.4, -0.2) is 42.7 Å². The van der Waals surface area contributed by atoms with Gasteiger partial charge in [-0.2, -0.15) is 0 Å². The summed E-state index contributed by atoms with van der Waals surface area (Å²) in [6, 6.07) is 7.81. The molecule has 1 fully saturated rings. The van der Waals surface area contributed by atoms with Crippen LogP contribution in [0.1, 0.15) is 24.0 Å². The number of nitrogens with zero attached hydrogens (tertiary/aromatic N) is 2. The van der Waals surface area contributed by atoms with Crippen molar-refractivity contribution in [2.24, 2.45) is 16.8 Å². The number of hydrogen-bond acceptors (Lipinski definition) is 4. The molecule has 0 radical (unpaired) electrons. The van der Waals surface area contributed by atoms with Crippen molar-refractivity contribution >= 4 is 5.84 Å². The molecule has 0 aromatic heterocycles. The zero-order chi connectivity index (χ0) is 14.4. The van der Waals surface area contributed by atoms with Crippen molar-refractivity contribution in [3.63, 3.8) is 0 Å². The minimum absolute atomic E-state index is 0.145. The Balaban J connectivity index is 1.85. The number of benzene rings is 1. The number of amidine groups is 1. The van der Waals surface area contributed by atoms with Crippen molar-refractivity contribution in [1.29, 1.82) is 0 Å². The zero-order valence-corrected chi connectivity index (χ0v) is 12.0. The number of hydrogen-bond donors (Lipinski definition) is 2. The molecule has 0 atom stereocenters. The third kappa shape index (κ3) is 4.21. The molecule has 1 aromatic carbocycles. The fourth-order valence-electron chi connectivity index (χ4n) is 2.58. The largest absolute Gasteiger partial charge is 0.409 e. The Labute approximate surface area is 120 Å². The zero-order valence-electron chi connectivity index (χ0n) is 12.0. The van der Waals surface area contributed by atoms with Crippen LogP contribution in [0, 0.1) is 5.92 Å². The quantitative estimate of drug-likeness (QED) is 0.371. The molecule has 3 N–H and O–H groups in total. The van der Waals surface area contributed by atoms with E-state index in [1.165, 1.54) is 5.56 Å². The van der Waals surface area contributed by atoms with Crippen LogP contribution in [0.3, 0.4) is 0 Å². The molecule has 2 rings (SSSR count). The summed E-state index contributed by atoms with van der Waals surface area (Å²) in [5.74, 6) is 0.886. The van der Waals surface area contributed by atoms with Crippen molar-refractivity contribution in [2.45, 2.75) is 19.4 Å². The first-order valence-corrected chi connectivity index (χ1v) is 7.02. The topological polar surface area (TPSA) is 71.1 Å². The van der Waals surface area contributed by atoms with Crippen LogP contribution < -0.4 is 5.73 Å². The van der Waals surface area contributed by atoms with E-state index in [-0.39, 0.29) is 5.84 Å². The number of ether oxygens (including phenoxy) is 1. The van der Waals surface area contributed by atoms with Crippen LogP contribution in [0.25, 0.3) is 0 Å². The Morgan fingerprint density at radius 1 is 1.35 bits per heavy atom. The van der Waals surface area contributed by atoms with E-state index in [9.17, 15) is 0 Å². The van der Waals surface area contributed by atoms with Crippen LogP contribution in [0.5, 0.6) is 0 Å². The van der Waals surface area contributed by atoms with Gasteiger partial charge in [0.2, 0.25) is 0 Å². The Morgan fingerprint density at radius 2 is 2.00 bits per heavy atom. The van der Waals surface area contributed by atoms with Crippen LogP contribution in [0.15, 0.2) is 29.4 Å². The molecule has 110 valence electrons. The van der Waals surface area contributed by atoms with Gasteiger partial charge in [-0.1, -0.05) is 29.4 Å². The fraction of sp³-hybridized carbons (Fsp3) is 0.533. The summed E-state index contributed by atoms with van der Waals surface area (Å²) < 4.78 is 5.38. The van der Waals surface area contributed by atoms with E-state index in [0.717, 1.165) is 50.6 Å². The minimum Gasteiger partial charge on any atom is -0.409 e. The summed E-state index contributed by atoms with van der Waals surface area (Å²) >= 11 is 0. The second-order valence-corrected chi connectivity index (χ2v) is 5.43. The summed E-state index contributed by atoms with van der Waals surface area (Å²) in [4.78, 5) is 2.34. The summed E-state index contributed by atoms with van der Waals surface area (Å²) in [6.45, 7) is 3.80. The molecule has 0 spiro atoms. The molecule has 0 bridgehead atoms. The SMILES string of the molecule is CN(Cc1ccc(C(N)=NO)cc1)CC1CCOCC1. The highest BCUT2D eigenvalue weighted by molar-refractivity contribution is 5.96. The van der Waals surface area contributed by atoms with Gasteiger partial charge in [0.25, 0.3) is 0 Å². The lowest BCUT2D eigenvalue weighted by Gasteiger charge is -2.27. The Kier molecular flexibility index (Phi) is 5.38. The molecule has 1 saturated heterocycles. The third-order valence-corrected chi connectivity index (χ3v) is 3.72. The molecule has 20 heavy (non-hydrogen) atoms. The summed E-state index contributed by atoms with van der Waals surface area (Å²) in [5, 5.41) is 11.6. The monoisotopic (exact) mass is 277 g/mol. The maximum Gasteiger partial charge on any atom is 0.170 e. The second-order valence-electron chi connectivity index (χ2n) is 5.43. The van der Waals surface area contributed by atoms with Crippen LogP contribution in [0.2, 0.25) is 0 Å². The van der Waals surface area contributed by atoms with Gasteiger partial charge < -0.3 is 20.6 Å². The fourth-order valence-corrected chi connectivity index (χ4v) is 2.58. The van der Waals surface area contributed by atoms with Crippen molar-refractivity contribution in [3.8, 4) is 0 Å². The van der Waals surface area contributed by atoms with Gasteiger partial charge in [0.15, 0.2) is 5.84 Å². The molecule has 0 saturated carbocycles. The molecule has 0 aliphatic carbocycles. The first-order valence-electron chi connectivity index (χ1n) is 7.02. The lowest BCUT2D eigenvalue weighted by molar-refractivity contribution is 0.0549. The standard InChI is InChI=1S/C15H23N3O2/c1-18(11-13-6-8-20-9-7-13)10-12-2-4-14(5-3-12)15(16)17-19/h2-5,13,19H,6-11H2,1H3,(H2,16,17). The molecule has 1 aliphatic rings. The third-order valence-electron chi connectivity index (χ3n) is 3.72. The van der Waals surface area contributed by atoms with Gasteiger partial charge in [0.1, 0.15) is 0 Å². The van der Waals surface area contributed by atoms with E-state index in [0.29, 0.717) is 0 Å². The van der Waals surface area contributed by atoms with Gasteiger partial charge in [-0.05, 0) is 31.4 Å². The Hall–Kier alpha value is -1.59. The molecule has 1 aromatic rings. The van der Waals surface area contributed by atoms with Gasteiger partial charge >= 0.3 is 0 Å². The highest BCUT2D eigenvalue weighted by Gasteiger charge is 2.15. The van der Waals surface area contributed by atoms with Gasteiger partial charge in [0, 0.05) is 31.9 Å². The van der Waals surface area contributed by atoms with E-state index in [1.807, 2.05) is 24.3 Å². The second kappa shape index (κ2) is 7.26. The molecule has 5 heteroatoms. The van der Waals surface area contributed by atoms with Gasteiger partial charge in [-0.15, -0.1) is 0 Å². The first-order chi connectivity index (χ1) is 9.69. The average molecular weight is 277 g/mol. The van der Waals surface area contributed by atoms with E-state index < -0.39 is 0 Å². The minimum atomic E-state index is 0.145. The normalized spacial score (nSPS) is 17.6. The molecular formula is C15H23N3O2. The van der Waals surface area contributed by atoms with Crippen LogP contribution in [-0.2, 0) is 11.3 Å². The van der Waals surface area contributed by atoms with Gasteiger partial charge in [-0.25, -0.2) is 0 Å². The lowest BCUT2D eigenvalue weighted by atomic mass is 9.99. The van der Waals surface area contributed by atoms with Crippen LogP contribution >= 0.6 is 0 Å². The number of oxime groups is 1. The Morgan fingerprint density at radius 3 is 2.60 bits per heavy atom. The highest BCUT2D eigenvalue weighted by atomic mass is 16.5. The first kappa shape index (κ1) is 14.8. The molecule has 1 heterocycles. The predicted octanol–water partition coefficient (Wildman–Crippen LogP) is 1.64. The van der Waals surface area contributed by atoms with E-state index in [2.05, 4.69) is 17.1 Å². The summed E-state index contributed by atoms with van der Waals surface area (Å²) in [5.41, 5.74) is 7.52. The van der Waals surface area contributed by atoms with E-state index in [4.69, 9.17) is 15.7 Å². The smallest absolute Gasteiger partial charge is 0.170 e. The molecular weight excluding hydrogens is 254 g/mol. The van der Waals surface area contributed by atoms with Crippen molar-refractivity contribution < 1.29 is 9.94 Å².